The third-order valence-electron chi connectivity index (χ3n) is 3.63. The van der Waals surface area contributed by atoms with E-state index in [1.165, 1.54) is 18.7 Å². The summed E-state index contributed by atoms with van der Waals surface area (Å²) in [6, 6.07) is 9.18. The van der Waals surface area contributed by atoms with E-state index in [4.69, 9.17) is 4.74 Å². The van der Waals surface area contributed by atoms with Gasteiger partial charge in [-0.15, -0.1) is 0 Å². The lowest BCUT2D eigenvalue weighted by Crippen LogP contribution is -2.19. The third kappa shape index (κ3) is 3.79. The standard InChI is InChI=1S/C17H21FN2O/c1-4-12-5-7-14(20-11-12)10-16(19-2)13-6-8-17(21-3)15(18)9-13/h5-9,11,16,19H,4,10H2,1-3H3. The van der Waals surface area contributed by atoms with Crippen LogP contribution in [0.1, 0.15) is 29.8 Å². The predicted molar refractivity (Wildman–Crippen MR) is 82.1 cm³/mol. The molecule has 0 saturated carbocycles. The maximum Gasteiger partial charge on any atom is 0.165 e. The Labute approximate surface area is 125 Å². The van der Waals surface area contributed by atoms with Crippen LogP contribution in [0.4, 0.5) is 4.39 Å². The smallest absolute Gasteiger partial charge is 0.165 e. The predicted octanol–water partition coefficient (Wildman–Crippen LogP) is 3.29. The molecule has 0 radical (unpaired) electrons. The molecule has 1 aromatic carbocycles. The highest BCUT2D eigenvalue weighted by atomic mass is 19.1. The van der Waals surface area contributed by atoms with Crippen molar-refractivity contribution in [2.24, 2.45) is 0 Å². The lowest BCUT2D eigenvalue weighted by atomic mass is 10.0. The summed E-state index contributed by atoms with van der Waals surface area (Å²) in [6.45, 7) is 2.10. The van der Waals surface area contributed by atoms with Crippen molar-refractivity contribution in [3.8, 4) is 5.75 Å². The molecule has 2 aromatic rings. The summed E-state index contributed by atoms with van der Waals surface area (Å²) >= 11 is 0. The van der Waals surface area contributed by atoms with Crippen LogP contribution in [0.5, 0.6) is 5.75 Å². The summed E-state index contributed by atoms with van der Waals surface area (Å²) in [6.07, 6.45) is 3.59. The molecule has 21 heavy (non-hydrogen) atoms. The van der Waals surface area contributed by atoms with Crippen molar-refractivity contribution in [3.05, 3.63) is 59.2 Å². The van der Waals surface area contributed by atoms with Crippen LogP contribution >= 0.6 is 0 Å². The first-order chi connectivity index (χ1) is 10.2. The minimum absolute atomic E-state index is 0.0189. The highest BCUT2D eigenvalue weighted by Crippen LogP contribution is 2.23. The van der Waals surface area contributed by atoms with Gasteiger partial charge >= 0.3 is 0 Å². The zero-order valence-electron chi connectivity index (χ0n) is 12.7. The van der Waals surface area contributed by atoms with Gasteiger partial charge in [0, 0.05) is 24.4 Å². The molecule has 0 amide bonds. The molecule has 0 saturated heterocycles. The Hall–Kier alpha value is -1.94. The molecule has 4 heteroatoms. The van der Waals surface area contributed by atoms with Gasteiger partial charge < -0.3 is 10.1 Å². The van der Waals surface area contributed by atoms with E-state index < -0.39 is 0 Å². The Bertz CT molecular complexity index is 584. The Morgan fingerprint density at radius 1 is 1.29 bits per heavy atom. The fraction of sp³-hybridized carbons (Fsp3) is 0.353. The number of ether oxygens (including phenoxy) is 1. The summed E-state index contributed by atoms with van der Waals surface area (Å²) in [5, 5.41) is 3.21. The third-order valence-corrected chi connectivity index (χ3v) is 3.63. The molecule has 1 heterocycles. The van der Waals surface area contributed by atoms with Gasteiger partial charge in [-0.3, -0.25) is 4.98 Å². The van der Waals surface area contributed by atoms with Crippen LogP contribution in [-0.4, -0.2) is 19.1 Å². The molecule has 0 bridgehead atoms. The van der Waals surface area contributed by atoms with Gasteiger partial charge in [-0.1, -0.05) is 19.1 Å². The Balaban J connectivity index is 2.16. The monoisotopic (exact) mass is 288 g/mol. The molecule has 112 valence electrons. The molecule has 1 unspecified atom stereocenters. The highest BCUT2D eigenvalue weighted by Gasteiger charge is 2.13. The van der Waals surface area contributed by atoms with Gasteiger partial charge in [0.25, 0.3) is 0 Å². The molecular weight excluding hydrogens is 267 g/mol. The van der Waals surface area contributed by atoms with Gasteiger partial charge in [0.2, 0.25) is 0 Å². The lowest BCUT2D eigenvalue weighted by Gasteiger charge is -2.17. The zero-order valence-corrected chi connectivity index (χ0v) is 12.7. The highest BCUT2D eigenvalue weighted by molar-refractivity contribution is 5.31. The maximum absolute atomic E-state index is 13.8. The van der Waals surface area contributed by atoms with Crippen LogP contribution in [0.15, 0.2) is 36.5 Å². The van der Waals surface area contributed by atoms with Crippen LogP contribution in [0.2, 0.25) is 0 Å². The molecule has 0 spiro atoms. The number of rotatable bonds is 6. The van der Waals surface area contributed by atoms with Crippen LogP contribution in [-0.2, 0) is 12.8 Å². The van der Waals surface area contributed by atoms with Crippen molar-refractivity contribution in [2.75, 3.05) is 14.2 Å². The molecule has 1 aromatic heterocycles. The van der Waals surface area contributed by atoms with E-state index in [1.807, 2.05) is 25.4 Å². The normalized spacial score (nSPS) is 12.2. The number of methoxy groups -OCH3 is 1. The number of nitrogens with zero attached hydrogens (tertiary/aromatic N) is 1. The second kappa shape index (κ2) is 7.18. The van der Waals surface area contributed by atoms with E-state index in [-0.39, 0.29) is 17.6 Å². The molecule has 1 atom stereocenters. The first-order valence-corrected chi connectivity index (χ1v) is 7.12. The van der Waals surface area contributed by atoms with Crippen molar-refractivity contribution in [3.63, 3.8) is 0 Å². The molecule has 0 aliphatic rings. The summed E-state index contributed by atoms with van der Waals surface area (Å²) in [5.41, 5.74) is 3.09. The van der Waals surface area contributed by atoms with E-state index in [0.29, 0.717) is 6.42 Å². The van der Waals surface area contributed by atoms with Crippen molar-refractivity contribution in [1.82, 2.24) is 10.3 Å². The van der Waals surface area contributed by atoms with Crippen molar-refractivity contribution < 1.29 is 9.13 Å². The summed E-state index contributed by atoms with van der Waals surface area (Å²) in [4.78, 5) is 4.46. The van der Waals surface area contributed by atoms with Gasteiger partial charge in [-0.25, -0.2) is 4.39 Å². The van der Waals surface area contributed by atoms with Gasteiger partial charge in [-0.05, 0) is 42.8 Å². The second-order valence-electron chi connectivity index (χ2n) is 4.95. The number of hydrogen-bond donors (Lipinski definition) is 1. The molecule has 2 rings (SSSR count). The number of benzene rings is 1. The van der Waals surface area contributed by atoms with Crippen LogP contribution in [0, 0.1) is 5.82 Å². The topological polar surface area (TPSA) is 34.1 Å². The maximum atomic E-state index is 13.8. The van der Waals surface area contributed by atoms with Crippen molar-refractivity contribution >= 4 is 0 Å². The molecule has 1 N–H and O–H groups in total. The van der Waals surface area contributed by atoms with Crippen LogP contribution < -0.4 is 10.1 Å². The van der Waals surface area contributed by atoms with E-state index in [0.717, 1.165) is 17.7 Å². The van der Waals surface area contributed by atoms with Crippen LogP contribution in [0.25, 0.3) is 0 Å². The van der Waals surface area contributed by atoms with Gasteiger partial charge in [-0.2, -0.15) is 0 Å². The number of hydrogen-bond acceptors (Lipinski definition) is 3. The quantitative estimate of drug-likeness (QED) is 0.885. The summed E-state index contributed by atoms with van der Waals surface area (Å²) < 4.78 is 18.8. The van der Waals surface area contributed by atoms with Gasteiger partial charge in [0.1, 0.15) is 0 Å². The minimum Gasteiger partial charge on any atom is -0.494 e. The number of halogens is 1. The number of likely N-dealkylation sites (N-methyl/N-ethyl adjacent to an activating group) is 1. The molecular formula is C17H21FN2O. The molecule has 3 nitrogen and oxygen atoms in total. The number of aromatic nitrogens is 1. The van der Waals surface area contributed by atoms with E-state index in [1.54, 1.807) is 6.07 Å². The molecule has 0 aliphatic carbocycles. The van der Waals surface area contributed by atoms with Crippen LogP contribution in [0.3, 0.4) is 0 Å². The minimum atomic E-state index is -0.343. The summed E-state index contributed by atoms with van der Waals surface area (Å²) in [5.74, 6) is -0.0800. The fourth-order valence-electron chi connectivity index (χ4n) is 2.28. The SMILES string of the molecule is CCc1ccc(CC(NC)c2ccc(OC)c(F)c2)nc1. The van der Waals surface area contributed by atoms with Gasteiger partial charge in [0.05, 0.1) is 7.11 Å². The van der Waals surface area contributed by atoms with E-state index >= 15 is 0 Å². The Kier molecular flexibility index (Phi) is 5.28. The second-order valence-corrected chi connectivity index (χ2v) is 4.95. The average Bonchev–Trinajstić information content (AvgIpc) is 2.53. The number of nitrogens with one attached hydrogen (secondary N) is 1. The van der Waals surface area contributed by atoms with Crippen molar-refractivity contribution in [1.29, 1.82) is 0 Å². The fourth-order valence-corrected chi connectivity index (χ4v) is 2.28. The average molecular weight is 288 g/mol. The lowest BCUT2D eigenvalue weighted by molar-refractivity contribution is 0.385. The van der Waals surface area contributed by atoms with Gasteiger partial charge in [0.15, 0.2) is 11.6 Å². The Morgan fingerprint density at radius 2 is 2.10 bits per heavy atom. The zero-order chi connectivity index (χ0) is 15.2. The Morgan fingerprint density at radius 3 is 2.62 bits per heavy atom. The first kappa shape index (κ1) is 15.4. The van der Waals surface area contributed by atoms with E-state index in [2.05, 4.69) is 23.3 Å². The molecule has 0 aliphatic heterocycles. The number of pyridine rings is 1. The van der Waals surface area contributed by atoms with Crippen molar-refractivity contribution in [2.45, 2.75) is 25.8 Å². The largest absolute Gasteiger partial charge is 0.494 e. The first-order valence-electron chi connectivity index (χ1n) is 7.12. The summed E-state index contributed by atoms with van der Waals surface area (Å²) in [7, 11) is 3.33. The molecule has 0 fully saturated rings. The van der Waals surface area contributed by atoms with E-state index in [9.17, 15) is 4.39 Å². The number of aryl methyl sites for hydroxylation is 1.